The number of rotatable bonds is 4. The second-order valence-corrected chi connectivity index (χ2v) is 5.32. The average Bonchev–Trinajstić information content (AvgIpc) is 2.44. The van der Waals surface area contributed by atoms with Crippen LogP contribution in [0.1, 0.15) is 23.2 Å². The number of aromatic nitrogens is 2. The molecule has 1 aromatic heterocycles. The van der Waals surface area contributed by atoms with Gasteiger partial charge in [0.25, 0.3) is 0 Å². The largest absolute Gasteiger partial charge is 0.477 e. The lowest BCUT2D eigenvalue weighted by molar-refractivity contribution is 0.0685. The van der Waals surface area contributed by atoms with Gasteiger partial charge in [-0.1, -0.05) is 0 Å². The predicted octanol–water partition coefficient (Wildman–Crippen LogP) is 0.146. The van der Waals surface area contributed by atoms with Crippen LogP contribution in [0, 0.1) is 0 Å². The lowest BCUT2D eigenvalue weighted by atomic mass is 10.4. The molecule has 0 saturated heterocycles. The van der Waals surface area contributed by atoms with E-state index in [1.165, 1.54) is 10.8 Å². The van der Waals surface area contributed by atoms with E-state index in [4.69, 9.17) is 5.11 Å². The SMILES string of the molecule is CCn1c(C(=O)O)cnc1CS(C)(=O)=O. The third kappa shape index (κ3) is 2.79. The van der Waals surface area contributed by atoms with Gasteiger partial charge in [0.1, 0.15) is 17.3 Å². The molecule has 0 saturated carbocycles. The summed E-state index contributed by atoms with van der Waals surface area (Å²) in [4.78, 5) is 14.5. The summed E-state index contributed by atoms with van der Waals surface area (Å²) in [6.45, 7) is 2.12. The molecule has 0 spiro atoms. The van der Waals surface area contributed by atoms with Gasteiger partial charge in [-0.25, -0.2) is 18.2 Å². The molecule has 0 aliphatic carbocycles. The quantitative estimate of drug-likeness (QED) is 0.797. The maximum absolute atomic E-state index is 11.0. The van der Waals surface area contributed by atoms with Gasteiger partial charge in [-0.05, 0) is 6.92 Å². The Kier molecular flexibility index (Phi) is 3.13. The van der Waals surface area contributed by atoms with Gasteiger partial charge in [-0.15, -0.1) is 0 Å². The topological polar surface area (TPSA) is 89.3 Å². The first-order valence-corrected chi connectivity index (χ1v) is 6.36. The van der Waals surface area contributed by atoms with E-state index >= 15 is 0 Å². The van der Waals surface area contributed by atoms with Crippen molar-refractivity contribution in [3.8, 4) is 0 Å². The summed E-state index contributed by atoms with van der Waals surface area (Å²) in [6, 6.07) is 0. The van der Waals surface area contributed by atoms with Gasteiger partial charge >= 0.3 is 5.97 Å². The molecule has 6 nitrogen and oxygen atoms in total. The molecule has 0 radical (unpaired) electrons. The van der Waals surface area contributed by atoms with Crippen molar-refractivity contribution in [3.05, 3.63) is 17.7 Å². The van der Waals surface area contributed by atoms with E-state index in [0.29, 0.717) is 6.54 Å². The van der Waals surface area contributed by atoms with Crippen molar-refractivity contribution >= 4 is 15.8 Å². The summed E-state index contributed by atoms with van der Waals surface area (Å²) in [6.07, 6.45) is 2.26. The fourth-order valence-electron chi connectivity index (χ4n) is 1.29. The zero-order valence-corrected chi connectivity index (χ0v) is 9.28. The number of imidazole rings is 1. The molecule has 84 valence electrons. The lowest BCUT2D eigenvalue weighted by Crippen LogP contribution is -2.13. The zero-order chi connectivity index (χ0) is 11.6. The molecular weight excluding hydrogens is 220 g/mol. The smallest absolute Gasteiger partial charge is 0.354 e. The van der Waals surface area contributed by atoms with Crippen LogP contribution in [0.15, 0.2) is 6.20 Å². The highest BCUT2D eigenvalue weighted by atomic mass is 32.2. The Bertz CT molecular complexity index is 475. The van der Waals surface area contributed by atoms with Crippen LogP contribution in [0.3, 0.4) is 0 Å². The number of sulfone groups is 1. The van der Waals surface area contributed by atoms with Crippen LogP contribution < -0.4 is 0 Å². The minimum Gasteiger partial charge on any atom is -0.477 e. The Hall–Kier alpha value is -1.37. The van der Waals surface area contributed by atoms with E-state index in [2.05, 4.69) is 4.98 Å². The molecule has 0 aromatic carbocycles. The van der Waals surface area contributed by atoms with Crippen LogP contribution in [0.5, 0.6) is 0 Å². The molecule has 1 N–H and O–H groups in total. The van der Waals surface area contributed by atoms with Crippen LogP contribution in [-0.4, -0.2) is 35.3 Å². The third-order valence-corrected chi connectivity index (χ3v) is 2.65. The normalized spacial score (nSPS) is 11.6. The molecule has 0 atom stereocenters. The van der Waals surface area contributed by atoms with Gasteiger partial charge in [0.05, 0.1) is 6.20 Å². The maximum atomic E-state index is 11.0. The Morgan fingerprint density at radius 1 is 1.60 bits per heavy atom. The highest BCUT2D eigenvalue weighted by molar-refractivity contribution is 7.89. The molecule has 0 unspecified atom stereocenters. The van der Waals surface area contributed by atoms with Crippen molar-refractivity contribution in [1.82, 2.24) is 9.55 Å². The molecule has 0 amide bonds. The Morgan fingerprint density at radius 3 is 2.60 bits per heavy atom. The van der Waals surface area contributed by atoms with E-state index in [9.17, 15) is 13.2 Å². The van der Waals surface area contributed by atoms with Crippen LogP contribution >= 0.6 is 0 Å². The fourth-order valence-corrected chi connectivity index (χ4v) is 1.99. The molecule has 0 bridgehead atoms. The third-order valence-electron chi connectivity index (χ3n) is 1.86. The van der Waals surface area contributed by atoms with Gasteiger partial charge in [0.2, 0.25) is 0 Å². The zero-order valence-electron chi connectivity index (χ0n) is 8.47. The summed E-state index contributed by atoms with van der Waals surface area (Å²) < 4.78 is 23.5. The summed E-state index contributed by atoms with van der Waals surface area (Å²) in [7, 11) is -3.20. The average molecular weight is 232 g/mol. The molecule has 1 heterocycles. The first-order valence-electron chi connectivity index (χ1n) is 4.30. The number of nitrogens with zero attached hydrogens (tertiary/aromatic N) is 2. The van der Waals surface area contributed by atoms with Crippen molar-refractivity contribution in [1.29, 1.82) is 0 Å². The van der Waals surface area contributed by atoms with Crippen molar-refractivity contribution in [2.75, 3.05) is 6.26 Å². The van der Waals surface area contributed by atoms with E-state index in [0.717, 1.165) is 6.26 Å². The maximum Gasteiger partial charge on any atom is 0.354 e. The monoisotopic (exact) mass is 232 g/mol. The van der Waals surface area contributed by atoms with E-state index in [-0.39, 0.29) is 17.3 Å². The first kappa shape index (κ1) is 11.7. The molecular formula is C8H12N2O4S. The number of hydrogen-bond donors (Lipinski definition) is 1. The van der Waals surface area contributed by atoms with Crippen LogP contribution in [0.25, 0.3) is 0 Å². The van der Waals surface area contributed by atoms with Crippen molar-refractivity contribution in [2.24, 2.45) is 0 Å². The Balaban J connectivity index is 3.16. The fraction of sp³-hybridized carbons (Fsp3) is 0.500. The van der Waals surface area contributed by atoms with Crippen LogP contribution in [0.2, 0.25) is 0 Å². The molecule has 15 heavy (non-hydrogen) atoms. The van der Waals surface area contributed by atoms with Crippen molar-refractivity contribution in [3.63, 3.8) is 0 Å². The van der Waals surface area contributed by atoms with Gasteiger partial charge < -0.3 is 9.67 Å². The number of carboxylic acid groups (broad SMARTS) is 1. The lowest BCUT2D eigenvalue weighted by Gasteiger charge is -2.05. The van der Waals surface area contributed by atoms with Gasteiger partial charge in [-0.2, -0.15) is 0 Å². The number of hydrogen-bond acceptors (Lipinski definition) is 4. The number of aromatic carboxylic acids is 1. The molecule has 7 heteroatoms. The van der Waals surface area contributed by atoms with Gasteiger partial charge in [0.15, 0.2) is 9.84 Å². The standard InChI is InChI=1S/C8H12N2O4S/c1-3-10-6(8(11)12)4-9-7(10)5-15(2,13)14/h4H,3,5H2,1-2H3,(H,11,12). The van der Waals surface area contributed by atoms with Gasteiger partial charge in [0, 0.05) is 12.8 Å². The highest BCUT2D eigenvalue weighted by Crippen LogP contribution is 2.08. The minimum atomic E-state index is -3.20. The predicted molar refractivity (Wildman–Crippen MR) is 53.4 cm³/mol. The van der Waals surface area contributed by atoms with E-state index in [1.54, 1.807) is 6.92 Å². The van der Waals surface area contributed by atoms with Crippen LogP contribution in [-0.2, 0) is 22.1 Å². The Labute approximate surface area is 87.5 Å². The summed E-state index contributed by atoms with van der Waals surface area (Å²) in [5.41, 5.74) is 0.0103. The van der Waals surface area contributed by atoms with Crippen molar-refractivity contribution < 1.29 is 18.3 Å². The molecule has 1 aromatic rings. The molecule has 0 aliphatic rings. The van der Waals surface area contributed by atoms with Crippen molar-refractivity contribution in [2.45, 2.75) is 19.2 Å². The molecule has 1 rings (SSSR count). The highest BCUT2D eigenvalue weighted by Gasteiger charge is 2.17. The summed E-state index contributed by atoms with van der Waals surface area (Å²) >= 11 is 0. The minimum absolute atomic E-state index is 0.0103. The summed E-state index contributed by atoms with van der Waals surface area (Å²) in [5, 5.41) is 8.80. The molecule has 0 aliphatic heterocycles. The van der Waals surface area contributed by atoms with E-state index < -0.39 is 15.8 Å². The first-order chi connectivity index (χ1) is 6.85. The number of carbonyl (C=O) groups is 1. The Morgan fingerprint density at radius 2 is 2.20 bits per heavy atom. The molecule has 0 fully saturated rings. The van der Waals surface area contributed by atoms with Gasteiger partial charge in [-0.3, -0.25) is 0 Å². The second kappa shape index (κ2) is 4.01. The summed E-state index contributed by atoms with van der Waals surface area (Å²) in [5.74, 6) is -1.09. The number of carboxylic acids is 1. The second-order valence-electron chi connectivity index (χ2n) is 3.18. The van der Waals surface area contributed by atoms with Crippen LogP contribution in [0.4, 0.5) is 0 Å². The van der Waals surface area contributed by atoms with E-state index in [1.807, 2.05) is 0 Å².